The van der Waals surface area contributed by atoms with Crippen LogP contribution in [0.1, 0.15) is 15.9 Å². The molecule has 0 aliphatic carbocycles. The van der Waals surface area contributed by atoms with Gasteiger partial charge in [-0.05, 0) is 51.8 Å². The predicted octanol–water partition coefficient (Wildman–Crippen LogP) is 3.65. The zero-order valence-electron chi connectivity index (χ0n) is 10.8. The molecule has 20 heavy (non-hydrogen) atoms. The third-order valence-corrected chi connectivity index (χ3v) is 3.86. The normalized spacial score (nSPS) is 12.7. The Bertz CT molecular complexity index is 652. The van der Waals surface area contributed by atoms with E-state index in [1.807, 2.05) is 36.4 Å². The molecule has 102 valence electrons. The minimum Gasteiger partial charge on any atom is -0.493 e. The van der Waals surface area contributed by atoms with Gasteiger partial charge in [-0.3, -0.25) is 4.79 Å². The van der Waals surface area contributed by atoms with Crippen molar-refractivity contribution in [1.82, 2.24) is 0 Å². The number of rotatable bonds is 4. The molecule has 1 heterocycles. The van der Waals surface area contributed by atoms with Crippen molar-refractivity contribution in [3.63, 3.8) is 0 Å². The quantitative estimate of drug-likeness (QED) is 0.802. The molecule has 0 atom stereocenters. The van der Waals surface area contributed by atoms with Gasteiger partial charge in [0.05, 0.1) is 11.1 Å². The van der Waals surface area contributed by atoms with Crippen molar-refractivity contribution in [2.45, 2.75) is 6.42 Å². The lowest BCUT2D eigenvalue weighted by Gasteiger charge is -2.08. The van der Waals surface area contributed by atoms with Gasteiger partial charge >= 0.3 is 0 Å². The Morgan fingerprint density at radius 1 is 1.25 bits per heavy atom. The maximum absolute atomic E-state index is 12.1. The summed E-state index contributed by atoms with van der Waals surface area (Å²) in [5, 5.41) is 0. The number of para-hydroxylation sites is 1. The lowest BCUT2D eigenvalue weighted by atomic mass is 10.1. The van der Waals surface area contributed by atoms with E-state index in [2.05, 4.69) is 15.9 Å². The summed E-state index contributed by atoms with van der Waals surface area (Å²) < 4.78 is 11.8. The molecule has 0 radical (unpaired) electrons. The fraction of sp³-hybridized carbons (Fsp3) is 0.188. The van der Waals surface area contributed by atoms with Crippen LogP contribution in [0.5, 0.6) is 11.5 Å². The fourth-order valence-corrected chi connectivity index (χ4v) is 2.55. The van der Waals surface area contributed by atoms with E-state index in [9.17, 15) is 4.79 Å². The first-order chi connectivity index (χ1) is 9.74. The number of carbonyl (C=O) groups is 1. The molecular weight excluding hydrogens is 320 g/mol. The van der Waals surface area contributed by atoms with E-state index in [-0.39, 0.29) is 12.4 Å². The van der Waals surface area contributed by atoms with Gasteiger partial charge in [0.15, 0.2) is 12.4 Å². The number of Topliss-reactive ketones (excluding diaryl/α,β-unsaturated/α-hetero) is 1. The first-order valence-electron chi connectivity index (χ1n) is 6.40. The molecule has 1 aliphatic heterocycles. The van der Waals surface area contributed by atoms with Gasteiger partial charge in [0.25, 0.3) is 0 Å². The van der Waals surface area contributed by atoms with Crippen LogP contribution in [0.4, 0.5) is 0 Å². The molecule has 1 aliphatic rings. The van der Waals surface area contributed by atoms with Crippen LogP contribution in [0.15, 0.2) is 46.9 Å². The highest BCUT2D eigenvalue weighted by molar-refractivity contribution is 9.10. The highest BCUT2D eigenvalue weighted by atomic mass is 79.9. The standard InChI is InChI=1S/C16H13BrO3/c17-13-3-1-2-4-16(13)20-10-14(18)11-5-6-15-12(9-11)7-8-19-15/h1-6,9H,7-8,10H2. The lowest BCUT2D eigenvalue weighted by molar-refractivity contribution is 0.0921. The van der Waals surface area contributed by atoms with Crippen LogP contribution in [-0.4, -0.2) is 19.0 Å². The van der Waals surface area contributed by atoms with E-state index in [0.717, 1.165) is 22.2 Å². The maximum Gasteiger partial charge on any atom is 0.200 e. The number of hydrogen-bond acceptors (Lipinski definition) is 3. The van der Waals surface area contributed by atoms with Gasteiger partial charge in [-0.15, -0.1) is 0 Å². The lowest BCUT2D eigenvalue weighted by Crippen LogP contribution is -2.12. The minimum atomic E-state index is -0.0320. The average Bonchev–Trinajstić information content (AvgIpc) is 2.93. The highest BCUT2D eigenvalue weighted by Crippen LogP contribution is 2.27. The molecule has 0 amide bonds. The Balaban J connectivity index is 1.69. The molecule has 0 spiro atoms. The summed E-state index contributed by atoms with van der Waals surface area (Å²) in [5.41, 5.74) is 1.76. The van der Waals surface area contributed by atoms with Crippen LogP contribution >= 0.6 is 15.9 Å². The van der Waals surface area contributed by atoms with Crippen LogP contribution in [0.3, 0.4) is 0 Å². The van der Waals surface area contributed by atoms with Crippen molar-refractivity contribution in [2.24, 2.45) is 0 Å². The van der Waals surface area contributed by atoms with Crippen molar-refractivity contribution in [3.8, 4) is 11.5 Å². The smallest absolute Gasteiger partial charge is 0.200 e. The average molecular weight is 333 g/mol. The van der Waals surface area contributed by atoms with E-state index in [4.69, 9.17) is 9.47 Å². The molecule has 0 fully saturated rings. The number of ether oxygens (including phenoxy) is 2. The van der Waals surface area contributed by atoms with Gasteiger partial charge in [-0.2, -0.15) is 0 Å². The monoisotopic (exact) mass is 332 g/mol. The fourth-order valence-electron chi connectivity index (χ4n) is 2.15. The number of benzene rings is 2. The summed E-state index contributed by atoms with van der Waals surface area (Å²) >= 11 is 3.39. The number of halogens is 1. The van der Waals surface area contributed by atoms with Crippen LogP contribution in [0.2, 0.25) is 0 Å². The van der Waals surface area contributed by atoms with E-state index in [1.165, 1.54) is 0 Å². The zero-order chi connectivity index (χ0) is 13.9. The van der Waals surface area contributed by atoms with Gasteiger partial charge in [0, 0.05) is 12.0 Å². The molecule has 0 unspecified atom stereocenters. The summed E-state index contributed by atoms with van der Waals surface area (Å²) in [6.07, 6.45) is 0.863. The number of carbonyl (C=O) groups excluding carboxylic acids is 1. The SMILES string of the molecule is O=C(COc1ccccc1Br)c1ccc2c(c1)CCO2. The number of fused-ring (bicyclic) bond motifs is 1. The second-order valence-electron chi connectivity index (χ2n) is 4.56. The Morgan fingerprint density at radius 3 is 2.95 bits per heavy atom. The first kappa shape index (κ1) is 13.2. The molecule has 2 aromatic carbocycles. The molecule has 4 heteroatoms. The van der Waals surface area contributed by atoms with Gasteiger partial charge in [0.1, 0.15) is 11.5 Å². The number of hydrogen-bond donors (Lipinski definition) is 0. The molecule has 0 N–H and O–H groups in total. The van der Waals surface area contributed by atoms with Gasteiger partial charge in [-0.25, -0.2) is 0 Å². The third kappa shape index (κ3) is 2.70. The maximum atomic E-state index is 12.1. The summed E-state index contributed by atoms with van der Waals surface area (Å²) in [4.78, 5) is 12.1. The van der Waals surface area contributed by atoms with Crippen LogP contribution in [0.25, 0.3) is 0 Å². The highest BCUT2D eigenvalue weighted by Gasteiger charge is 2.15. The Hall–Kier alpha value is -1.81. The van der Waals surface area contributed by atoms with E-state index in [0.29, 0.717) is 17.9 Å². The Labute approximate surface area is 125 Å². The molecule has 0 aromatic heterocycles. The molecule has 3 nitrogen and oxygen atoms in total. The number of ketones is 1. The van der Waals surface area contributed by atoms with Crippen molar-refractivity contribution < 1.29 is 14.3 Å². The van der Waals surface area contributed by atoms with Gasteiger partial charge in [-0.1, -0.05) is 12.1 Å². The molecule has 2 aromatic rings. The van der Waals surface area contributed by atoms with Crippen molar-refractivity contribution in [1.29, 1.82) is 0 Å². The van der Waals surface area contributed by atoms with Gasteiger partial charge in [0.2, 0.25) is 0 Å². The summed E-state index contributed by atoms with van der Waals surface area (Å²) in [6.45, 7) is 0.725. The second kappa shape index (κ2) is 5.67. The summed E-state index contributed by atoms with van der Waals surface area (Å²) in [7, 11) is 0. The first-order valence-corrected chi connectivity index (χ1v) is 7.19. The van der Waals surface area contributed by atoms with E-state index < -0.39 is 0 Å². The molecule has 0 bridgehead atoms. The zero-order valence-corrected chi connectivity index (χ0v) is 12.4. The molecular formula is C16H13BrO3. The van der Waals surface area contributed by atoms with Crippen molar-refractivity contribution >= 4 is 21.7 Å². The third-order valence-electron chi connectivity index (χ3n) is 3.21. The van der Waals surface area contributed by atoms with Gasteiger partial charge < -0.3 is 9.47 Å². The summed E-state index contributed by atoms with van der Waals surface area (Å²) in [5.74, 6) is 1.52. The topological polar surface area (TPSA) is 35.5 Å². The second-order valence-corrected chi connectivity index (χ2v) is 5.42. The molecule has 0 saturated carbocycles. The largest absolute Gasteiger partial charge is 0.493 e. The van der Waals surface area contributed by atoms with E-state index >= 15 is 0 Å². The Morgan fingerprint density at radius 2 is 2.10 bits per heavy atom. The van der Waals surface area contributed by atoms with Crippen molar-refractivity contribution in [2.75, 3.05) is 13.2 Å². The predicted molar refractivity (Wildman–Crippen MR) is 79.6 cm³/mol. The van der Waals surface area contributed by atoms with Crippen molar-refractivity contribution in [3.05, 3.63) is 58.1 Å². The van der Waals surface area contributed by atoms with Crippen LogP contribution < -0.4 is 9.47 Å². The van der Waals surface area contributed by atoms with E-state index in [1.54, 1.807) is 6.07 Å². The summed E-state index contributed by atoms with van der Waals surface area (Å²) in [6, 6.07) is 13.0. The van der Waals surface area contributed by atoms with Crippen LogP contribution in [0, 0.1) is 0 Å². The van der Waals surface area contributed by atoms with Crippen LogP contribution in [-0.2, 0) is 6.42 Å². The molecule has 3 rings (SSSR count). The minimum absolute atomic E-state index is 0.0300. The Kier molecular flexibility index (Phi) is 3.74. The molecule has 0 saturated heterocycles.